The first-order valence-electron chi connectivity index (χ1n) is 7.78. The number of aromatic nitrogens is 1. The fraction of sp³-hybridized carbons (Fsp3) is 0.529. The minimum Gasteiger partial charge on any atom is -0.389 e. The fourth-order valence-corrected chi connectivity index (χ4v) is 3.88. The Morgan fingerprint density at radius 3 is 2.95 bits per heavy atom. The smallest absolute Gasteiger partial charge is 0.123 e. The molecule has 1 aromatic heterocycles. The van der Waals surface area contributed by atoms with Crippen molar-refractivity contribution >= 4 is 22.5 Å². The monoisotopic (exact) mass is 324 g/mol. The fourth-order valence-electron chi connectivity index (χ4n) is 3.58. The summed E-state index contributed by atoms with van der Waals surface area (Å²) in [5, 5.41) is 11.7. The van der Waals surface area contributed by atoms with Crippen molar-refractivity contribution in [1.82, 2.24) is 9.88 Å². The van der Waals surface area contributed by atoms with E-state index in [1.165, 1.54) is 12.1 Å². The summed E-state index contributed by atoms with van der Waals surface area (Å²) in [6, 6.07) is 4.86. The molecule has 1 aliphatic rings. The number of halogens is 2. The summed E-state index contributed by atoms with van der Waals surface area (Å²) >= 11 is 6.29. The predicted molar refractivity (Wildman–Crippen MR) is 87.9 cm³/mol. The number of likely N-dealkylation sites (tertiary alicyclic amines) is 1. The van der Waals surface area contributed by atoms with Crippen LogP contribution in [0.15, 0.2) is 18.2 Å². The number of nitrogens with one attached hydrogen (secondary N) is 1. The van der Waals surface area contributed by atoms with Crippen molar-refractivity contribution < 1.29 is 9.50 Å². The predicted octanol–water partition coefficient (Wildman–Crippen LogP) is 3.74. The maximum absolute atomic E-state index is 13.5. The van der Waals surface area contributed by atoms with Crippen LogP contribution in [-0.4, -0.2) is 39.7 Å². The van der Waals surface area contributed by atoms with Gasteiger partial charge in [0, 0.05) is 23.5 Å². The van der Waals surface area contributed by atoms with Crippen LogP contribution in [0, 0.1) is 5.82 Å². The number of hydrogen-bond donors (Lipinski definition) is 2. The van der Waals surface area contributed by atoms with Crippen LogP contribution >= 0.6 is 11.6 Å². The van der Waals surface area contributed by atoms with Crippen molar-refractivity contribution in [2.24, 2.45) is 0 Å². The van der Waals surface area contributed by atoms with Gasteiger partial charge in [-0.3, -0.25) is 4.90 Å². The molecule has 1 fully saturated rings. The van der Waals surface area contributed by atoms with E-state index in [1.807, 2.05) is 13.8 Å². The lowest BCUT2D eigenvalue weighted by Crippen LogP contribution is -2.46. The van der Waals surface area contributed by atoms with Gasteiger partial charge < -0.3 is 10.1 Å². The van der Waals surface area contributed by atoms with Crippen molar-refractivity contribution in [3.05, 3.63) is 34.7 Å². The van der Waals surface area contributed by atoms with Crippen LogP contribution in [0.5, 0.6) is 0 Å². The Kier molecular flexibility index (Phi) is 4.19. The average molecular weight is 325 g/mol. The van der Waals surface area contributed by atoms with Gasteiger partial charge in [-0.15, -0.1) is 0 Å². The zero-order valence-corrected chi connectivity index (χ0v) is 13.8. The number of fused-ring (bicyclic) bond motifs is 1. The molecule has 0 saturated carbocycles. The van der Waals surface area contributed by atoms with Crippen molar-refractivity contribution in [1.29, 1.82) is 0 Å². The second-order valence-electron chi connectivity index (χ2n) is 6.71. The second kappa shape index (κ2) is 5.84. The molecule has 1 aromatic carbocycles. The number of H-pyrrole nitrogens is 1. The van der Waals surface area contributed by atoms with Gasteiger partial charge >= 0.3 is 0 Å². The van der Waals surface area contributed by atoms with Gasteiger partial charge in [-0.1, -0.05) is 11.6 Å². The lowest BCUT2D eigenvalue weighted by molar-refractivity contribution is -0.00193. The van der Waals surface area contributed by atoms with Gasteiger partial charge in [0.2, 0.25) is 0 Å². The first kappa shape index (κ1) is 15.8. The number of rotatable bonds is 4. The van der Waals surface area contributed by atoms with Crippen LogP contribution in [0.4, 0.5) is 4.39 Å². The highest BCUT2D eigenvalue weighted by atomic mass is 35.5. The molecule has 3 nitrogen and oxygen atoms in total. The van der Waals surface area contributed by atoms with E-state index in [-0.39, 0.29) is 11.9 Å². The first-order valence-corrected chi connectivity index (χ1v) is 8.16. The number of hydrogen-bond acceptors (Lipinski definition) is 2. The molecule has 22 heavy (non-hydrogen) atoms. The summed E-state index contributed by atoms with van der Waals surface area (Å²) in [4.78, 5) is 5.42. The zero-order valence-electron chi connectivity index (χ0n) is 13.0. The zero-order chi connectivity index (χ0) is 15.9. The molecule has 1 unspecified atom stereocenters. The third-order valence-electron chi connectivity index (χ3n) is 4.64. The van der Waals surface area contributed by atoms with E-state index in [0.717, 1.165) is 48.8 Å². The minimum absolute atomic E-state index is 0.174. The first-order chi connectivity index (χ1) is 10.4. The normalized spacial score (nSPS) is 20.1. The number of aromatic amines is 1. The Labute approximate surface area is 135 Å². The SMILES string of the molecule is CC(C)(O)C1CCCN1CCc1c(Cl)[nH]c2ccc(F)cc12. The molecule has 1 aliphatic heterocycles. The second-order valence-corrected chi connectivity index (χ2v) is 7.08. The van der Waals surface area contributed by atoms with Crippen LogP contribution in [-0.2, 0) is 6.42 Å². The van der Waals surface area contributed by atoms with Gasteiger partial charge in [-0.25, -0.2) is 4.39 Å². The summed E-state index contributed by atoms with van der Waals surface area (Å²) in [6.07, 6.45) is 2.86. The van der Waals surface area contributed by atoms with Crippen LogP contribution in [0.25, 0.3) is 10.9 Å². The molecule has 0 amide bonds. The van der Waals surface area contributed by atoms with Crippen LogP contribution in [0.2, 0.25) is 5.15 Å². The third kappa shape index (κ3) is 3.00. The highest BCUT2D eigenvalue weighted by molar-refractivity contribution is 6.31. The summed E-state index contributed by atoms with van der Waals surface area (Å²) in [6.45, 7) is 5.54. The number of nitrogens with zero attached hydrogens (tertiary/aromatic N) is 1. The van der Waals surface area contributed by atoms with Gasteiger partial charge in [-0.2, -0.15) is 0 Å². The molecular formula is C17H22ClFN2O. The number of aliphatic hydroxyl groups is 1. The topological polar surface area (TPSA) is 39.3 Å². The molecule has 0 aliphatic carbocycles. The van der Waals surface area contributed by atoms with Crippen molar-refractivity contribution in [2.75, 3.05) is 13.1 Å². The highest BCUT2D eigenvalue weighted by Crippen LogP contribution is 2.30. The molecule has 3 rings (SSSR count). The Balaban J connectivity index is 1.79. The van der Waals surface area contributed by atoms with E-state index < -0.39 is 5.60 Å². The largest absolute Gasteiger partial charge is 0.389 e. The maximum atomic E-state index is 13.5. The van der Waals surface area contributed by atoms with Crippen molar-refractivity contribution in [2.45, 2.75) is 44.8 Å². The van der Waals surface area contributed by atoms with E-state index in [4.69, 9.17) is 11.6 Å². The van der Waals surface area contributed by atoms with E-state index >= 15 is 0 Å². The molecule has 0 radical (unpaired) electrons. The molecule has 1 saturated heterocycles. The van der Waals surface area contributed by atoms with E-state index in [1.54, 1.807) is 6.07 Å². The van der Waals surface area contributed by atoms with Crippen molar-refractivity contribution in [3.8, 4) is 0 Å². The molecule has 1 atom stereocenters. The molecule has 0 spiro atoms. The third-order valence-corrected chi connectivity index (χ3v) is 4.97. The van der Waals surface area contributed by atoms with Crippen molar-refractivity contribution in [3.63, 3.8) is 0 Å². The van der Waals surface area contributed by atoms with Gasteiger partial charge in [0.05, 0.1) is 5.60 Å². The Bertz CT molecular complexity index is 677. The Morgan fingerprint density at radius 2 is 2.23 bits per heavy atom. The van der Waals surface area contributed by atoms with Gasteiger partial charge in [0.1, 0.15) is 11.0 Å². The highest BCUT2D eigenvalue weighted by Gasteiger charge is 2.35. The standard InChI is InChI=1S/C17H22ClFN2O/c1-17(2,22)15-4-3-8-21(15)9-7-12-13-10-11(19)5-6-14(13)20-16(12)18/h5-6,10,15,20,22H,3-4,7-9H2,1-2H3. The van der Waals surface area contributed by atoms with E-state index in [2.05, 4.69) is 9.88 Å². The molecule has 2 aromatic rings. The summed E-state index contributed by atoms with van der Waals surface area (Å²) < 4.78 is 13.5. The van der Waals surface area contributed by atoms with Crippen LogP contribution in [0.1, 0.15) is 32.3 Å². The lowest BCUT2D eigenvalue weighted by atomic mass is 9.96. The minimum atomic E-state index is -0.702. The number of benzene rings is 1. The molecule has 5 heteroatoms. The van der Waals surface area contributed by atoms with Gasteiger partial charge in [0.25, 0.3) is 0 Å². The molecule has 0 bridgehead atoms. The van der Waals surface area contributed by atoms with Gasteiger partial charge in [-0.05, 0) is 63.4 Å². The summed E-state index contributed by atoms with van der Waals surface area (Å²) in [5.74, 6) is -0.250. The molecular weight excluding hydrogens is 303 g/mol. The van der Waals surface area contributed by atoms with Crippen LogP contribution < -0.4 is 0 Å². The van der Waals surface area contributed by atoms with E-state index in [9.17, 15) is 9.50 Å². The quantitative estimate of drug-likeness (QED) is 0.899. The van der Waals surface area contributed by atoms with Gasteiger partial charge in [0.15, 0.2) is 0 Å². The Hall–Kier alpha value is -1.10. The Morgan fingerprint density at radius 1 is 1.45 bits per heavy atom. The maximum Gasteiger partial charge on any atom is 0.123 e. The van der Waals surface area contributed by atoms with E-state index in [0.29, 0.717) is 5.15 Å². The summed E-state index contributed by atoms with van der Waals surface area (Å²) in [7, 11) is 0. The molecule has 2 heterocycles. The lowest BCUT2D eigenvalue weighted by Gasteiger charge is -2.33. The molecule has 2 N–H and O–H groups in total. The van der Waals surface area contributed by atoms with Crippen LogP contribution in [0.3, 0.4) is 0 Å². The summed E-state index contributed by atoms with van der Waals surface area (Å²) in [5.41, 5.74) is 1.12. The average Bonchev–Trinajstić information content (AvgIpc) is 3.00. The molecule has 120 valence electrons.